The number of nitrogens with one attached hydrogen (secondary N) is 1. The van der Waals surface area contributed by atoms with E-state index >= 15 is 0 Å². The van der Waals surface area contributed by atoms with Gasteiger partial charge in [-0.25, -0.2) is 0 Å². The third-order valence-corrected chi connectivity index (χ3v) is 4.38. The molecule has 0 amide bonds. The van der Waals surface area contributed by atoms with Gasteiger partial charge in [0.2, 0.25) is 0 Å². The lowest BCUT2D eigenvalue weighted by atomic mass is 9.94. The molecule has 3 heterocycles. The first kappa shape index (κ1) is 11.2. The average Bonchev–Trinajstić information content (AvgIpc) is 2.93. The number of hydrogen-bond acceptors (Lipinski definition) is 3. The minimum atomic E-state index is 0.496. The summed E-state index contributed by atoms with van der Waals surface area (Å²) in [4.78, 5) is 2.60. The number of hydrogen-bond donors (Lipinski definition) is 1. The van der Waals surface area contributed by atoms with E-state index < -0.39 is 0 Å². The van der Waals surface area contributed by atoms with Gasteiger partial charge in [0, 0.05) is 44.0 Å². The number of rotatable bonds is 2. The quantitative estimate of drug-likeness (QED) is 0.834. The minimum Gasteiger partial charge on any atom is -0.312 e. The summed E-state index contributed by atoms with van der Waals surface area (Å²) in [6, 6.07) is 1.22. The third-order valence-electron chi connectivity index (χ3n) is 4.38. The molecule has 0 bridgehead atoms. The van der Waals surface area contributed by atoms with Crippen molar-refractivity contribution in [2.24, 2.45) is 13.0 Å². The Hall–Kier alpha value is -0.870. The van der Waals surface area contributed by atoms with Crippen LogP contribution in [0, 0.1) is 5.92 Å². The second-order valence-corrected chi connectivity index (χ2v) is 5.54. The van der Waals surface area contributed by atoms with Gasteiger partial charge in [-0.15, -0.1) is 0 Å². The molecule has 0 aliphatic carbocycles. The van der Waals surface area contributed by atoms with Crippen molar-refractivity contribution in [1.29, 1.82) is 0 Å². The average molecular weight is 234 g/mol. The van der Waals surface area contributed by atoms with Gasteiger partial charge in [0.05, 0.1) is 6.20 Å². The number of fused-ring (bicyclic) bond motifs is 1. The van der Waals surface area contributed by atoms with Crippen molar-refractivity contribution < 1.29 is 0 Å². The van der Waals surface area contributed by atoms with Gasteiger partial charge in [0.25, 0.3) is 0 Å². The summed E-state index contributed by atoms with van der Waals surface area (Å²) in [5, 5.41) is 7.93. The van der Waals surface area contributed by atoms with Crippen LogP contribution >= 0.6 is 0 Å². The fourth-order valence-corrected chi connectivity index (χ4v) is 3.26. The molecule has 0 saturated carbocycles. The lowest BCUT2D eigenvalue weighted by molar-refractivity contribution is 0.250. The first-order chi connectivity index (χ1) is 8.24. The van der Waals surface area contributed by atoms with Gasteiger partial charge in [0.1, 0.15) is 0 Å². The molecule has 2 saturated heterocycles. The molecule has 1 aromatic rings. The van der Waals surface area contributed by atoms with E-state index in [1.807, 2.05) is 17.9 Å². The molecule has 94 valence electrons. The number of likely N-dealkylation sites (tertiary alicyclic amines) is 1. The molecule has 2 aliphatic rings. The lowest BCUT2D eigenvalue weighted by Crippen LogP contribution is -2.40. The molecule has 3 atom stereocenters. The zero-order chi connectivity index (χ0) is 11.8. The third kappa shape index (κ3) is 2.11. The molecule has 1 unspecified atom stereocenters. The van der Waals surface area contributed by atoms with E-state index in [1.165, 1.54) is 38.0 Å². The van der Waals surface area contributed by atoms with Crippen LogP contribution < -0.4 is 5.32 Å². The molecule has 0 radical (unpaired) electrons. The van der Waals surface area contributed by atoms with Crippen molar-refractivity contribution >= 4 is 0 Å². The minimum absolute atomic E-state index is 0.496. The number of piperidine rings is 1. The standard InChI is InChI=1S/C13H22N4/c1-10(12-6-15-16(2)7-12)17-8-11-4-3-5-14-13(11)9-17/h6-7,10-11,13-14H,3-5,8-9H2,1-2H3/t10?,11-,13+/m0/s1. The maximum Gasteiger partial charge on any atom is 0.0537 e. The van der Waals surface area contributed by atoms with Gasteiger partial charge >= 0.3 is 0 Å². The summed E-state index contributed by atoms with van der Waals surface area (Å²) < 4.78 is 1.90. The van der Waals surface area contributed by atoms with Gasteiger partial charge in [-0.2, -0.15) is 5.10 Å². The van der Waals surface area contributed by atoms with Crippen molar-refractivity contribution in [2.45, 2.75) is 31.8 Å². The Kier molecular flexibility index (Phi) is 2.92. The van der Waals surface area contributed by atoms with Gasteiger partial charge in [-0.05, 0) is 32.2 Å². The summed E-state index contributed by atoms with van der Waals surface area (Å²) in [6.45, 7) is 5.94. The molecule has 1 aromatic heterocycles. The van der Waals surface area contributed by atoms with Crippen LogP contribution in [0.4, 0.5) is 0 Å². The Morgan fingerprint density at radius 2 is 2.35 bits per heavy atom. The van der Waals surface area contributed by atoms with E-state index in [1.54, 1.807) is 0 Å². The molecular weight excluding hydrogens is 212 g/mol. The molecule has 3 rings (SSSR count). The smallest absolute Gasteiger partial charge is 0.0537 e. The van der Waals surface area contributed by atoms with E-state index in [-0.39, 0.29) is 0 Å². The highest BCUT2D eigenvalue weighted by Gasteiger charge is 2.36. The van der Waals surface area contributed by atoms with Crippen molar-refractivity contribution in [3.63, 3.8) is 0 Å². The van der Waals surface area contributed by atoms with Crippen LogP contribution in [0.25, 0.3) is 0 Å². The number of aromatic nitrogens is 2. The zero-order valence-corrected chi connectivity index (χ0v) is 10.8. The van der Waals surface area contributed by atoms with Crippen LogP contribution in [0.5, 0.6) is 0 Å². The van der Waals surface area contributed by atoms with E-state index in [2.05, 4.69) is 28.4 Å². The van der Waals surface area contributed by atoms with Gasteiger partial charge in [0.15, 0.2) is 0 Å². The van der Waals surface area contributed by atoms with Crippen LogP contribution in [0.1, 0.15) is 31.4 Å². The summed E-state index contributed by atoms with van der Waals surface area (Å²) in [5.74, 6) is 0.864. The molecule has 2 aliphatic heterocycles. The molecule has 1 N–H and O–H groups in total. The predicted octanol–water partition coefficient (Wildman–Crippen LogP) is 1.16. The van der Waals surface area contributed by atoms with Crippen molar-refractivity contribution in [3.05, 3.63) is 18.0 Å². The van der Waals surface area contributed by atoms with Crippen molar-refractivity contribution in [3.8, 4) is 0 Å². The summed E-state index contributed by atoms with van der Waals surface area (Å²) in [6.07, 6.45) is 6.88. The Labute approximate surface area is 103 Å². The van der Waals surface area contributed by atoms with E-state index in [0.29, 0.717) is 6.04 Å². The second kappa shape index (κ2) is 4.42. The normalized spacial score (nSPS) is 31.4. The highest BCUT2D eigenvalue weighted by Crippen LogP contribution is 2.31. The monoisotopic (exact) mass is 234 g/mol. The van der Waals surface area contributed by atoms with Crippen LogP contribution in [-0.4, -0.2) is 40.4 Å². The first-order valence-corrected chi connectivity index (χ1v) is 6.70. The largest absolute Gasteiger partial charge is 0.312 e. The summed E-state index contributed by atoms with van der Waals surface area (Å²) in [7, 11) is 1.99. The lowest BCUT2D eigenvalue weighted by Gasteiger charge is -2.25. The molecule has 2 fully saturated rings. The van der Waals surface area contributed by atoms with Crippen LogP contribution in [-0.2, 0) is 7.05 Å². The topological polar surface area (TPSA) is 33.1 Å². The molecule has 17 heavy (non-hydrogen) atoms. The van der Waals surface area contributed by atoms with E-state index in [4.69, 9.17) is 0 Å². The van der Waals surface area contributed by atoms with E-state index in [9.17, 15) is 0 Å². The zero-order valence-electron chi connectivity index (χ0n) is 10.8. The maximum atomic E-state index is 4.27. The van der Waals surface area contributed by atoms with Crippen LogP contribution in [0.15, 0.2) is 12.4 Å². The fourth-order valence-electron chi connectivity index (χ4n) is 3.26. The van der Waals surface area contributed by atoms with E-state index in [0.717, 1.165) is 12.0 Å². The molecule has 0 spiro atoms. The predicted molar refractivity (Wildman–Crippen MR) is 67.7 cm³/mol. The summed E-state index contributed by atoms with van der Waals surface area (Å²) >= 11 is 0. The SMILES string of the molecule is CC(c1cnn(C)c1)N1C[C@@H]2CCCN[C@@H]2C1. The fraction of sp³-hybridized carbons (Fsp3) is 0.769. The molecular formula is C13H22N4. The Bertz CT molecular complexity index is 373. The molecule has 4 nitrogen and oxygen atoms in total. The second-order valence-electron chi connectivity index (χ2n) is 5.54. The Balaban J connectivity index is 1.69. The molecule has 0 aromatic carbocycles. The summed E-state index contributed by atoms with van der Waals surface area (Å²) in [5.41, 5.74) is 1.34. The number of nitrogens with zero attached hydrogens (tertiary/aromatic N) is 3. The Morgan fingerprint density at radius 3 is 3.06 bits per heavy atom. The highest BCUT2D eigenvalue weighted by atomic mass is 15.3. The highest BCUT2D eigenvalue weighted by molar-refractivity contribution is 5.11. The van der Waals surface area contributed by atoms with Crippen LogP contribution in [0.3, 0.4) is 0 Å². The van der Waals surface area contributed by atoms with Crippen LogP contribution in [0.2, 0.25) is 0 Å². The van der Waals surface area contributed by atoms with Gasteiger partial charge < -0.3 is 5.32 Å². The molecule has 4 heteroatoms. The van der Waals surface area contributed by atoms with Crippen molar-refractivity contribution in [1.82, 2.24) is 20.0 Å². The van der Waals surface area contributed by atoms with Gasteiger partial charge in [-0.3, -0.25) is 9.58 Å². The first-order valence-electron chi connectivity index (χ1n) is 6.70. The maximum absolute atomic E-state index is 4.27. The number of aryl methyl sites for hydroxylation is 1. The van der Waals surface area contributed by atoms with Crippen molar-refractivity contribution in [2.75, 3.05) is 19.6 Å². The van der Waals surface area contributed by atoms with Gasteiger partial charge in [-0.1, -0.05) is 0 Å². The Morgan fingerprint density at radius 1 is 1.47 bits per heavy atom.